The number of nitrogens with zero attached hydrogens (tertiary/aromatic N) is 4. The smallest absolute Gasteiger partial charge is 0.223 e. The van der Waals surface area contributed by atoms with Crippen molar-refractivity contribution in [2.45, 2.75) is 32.1 Å². The lowest BCUT2D eigenvalue weighted by Crippen LogP contribution is -2.49. The lowest BCUT2D eigenvalue weighted by atomic mass is 9.97. The number of benzene rings is 1. The molecule has 0 spiro atoms. The molecule has 1 aliphatic heterocycles. The largest absolute Gasteiger partial charge is 0.368 e. The van der Waals surface area contributed by atoms with Crippen LogP contribution in [0, 0.1) is 6.92 Å². The highest BCUT2D eigenvalue weighted by atomic mass is 16.2. The number of hydrogen-bond donors (Lipinski definition) is 1. The van der Waals surface area contributed by atoms with Gasteiger partial charge in [-0.05, 0) is 36.8 Å². The van der Waals surface area contributed by atoms with Gasteiger partial charge in [-0.3, -0.25) is 4.79 Å². The summed E-state index contributed by atoms with van der Waals surface area (Å²) in [6.45, 7) is 4.94. The Labute approximate surface area is 154 Å². The van der Waals surface area contributed by atoms with Crippen molar-refractivity contribution in [1.29, 1.82) is 0 Å². The van der Waals surface area contributed by atoms with E-state index in [-0.39, 0.29) is 5.91 Å². The molecule has 1 fully saturated rings. The fraction of sp³-hybridized carbons (Fsp3) is 0.450. The molecule has 1 aromatic carbocycles. The zero-order valence-electron chi connectivity index (χ0n) is 15.2. The van der Waals surface area contributed by atoms with E-state index in [0.29, 0.717) is 18.3 Å². The maximum Gasteiger partial charge on any atom is 0.223 e. The van der Waals surface area contributed by atoms with Gasteiger partial charge in [0.05, 0.1) is 0 Å². The molecule has 6 heteroatoms. The highest BCUT2D eigenvalue weighted by molar-refractivity contribution is 5.77. The van der Waals surface area contributed by atoms with Gasteiger partial charge in [0.25, 0.3) is 0 Å². The Morgan fingerprint density at radius 3 is 2.73 bits per heavy atom. The summed E-state index contributed by atoms with van der Waals surface area (Å²) in [5.41, 5.74) is 9.40. The molecular formula is C20H25N5O. The third-order valence-corrected chi connectivity index (χ3v) is 5.49. The van der Waals surface area contributed by atoms with E-state index in [0.717, 1.165) is 50.5 Å². The van der Waals surface area contributed by atoms with Gasteiger partial charge in [0.15, 0.2) is 0 Å². The number of fused-ring (bicyclic) bond motifs is 1. The van der Waals surface area contributed by atoms with E-state index in [1.165, 1.54) is 11.1 Å². The van der Waals surface area contributed by atoms with Crippen molar-refractivity contribution < 1.29 is 4.79 Å². The van der Waals surface area contributed by atoms with E-state index in [1.807, 2.05) is 17.9 Å². The number of carbonyl (C=O) groups is 1. The fourth-order valence-corrected chi connectivity index (χ4v) is 4.12. The maximum absolute atomic E-state index is 12.8. The summed E-state index contributed by atoms with van der Waals surface area (Å²) < 4.78 is 0. The Balaban J connectivity index is 1.35. The molecule has 136 valence electrons. The van der Waals surface area contributed by atoms with Crippen molar-refractivity contribution in [2.75, 3.05) is 36.8 Å². The second-order valence-electron chi connectivity index (χ2n) is 7.23. The summed E-state index contributed by atoms with van der Waals surface area (Å²) in [6, 6.07) is 10.5. The molecule has 4 rings (SSSR count). The molecule has 0 bridgehead atoms. The van der Waals surface area contributed by atoms with Crippen LogP contribution in [0.3, 0.4) is 0 Å². The fourth-order valence-electron chi connectivity index (χ4n) is 4.12. The van der Waals surface area contributed by atoms with E-state index >= 15 is 0 Å². The summed E-state index contributed by atoms with van der Waals surface area (Å²) in [7, 11) is 0. The number of aromatic nitrogens is 2. The molecule has 1 amide bonds. The number of hydrogen-bond acceptors (Lipinski definition) is 5. The normalized spacial score (nSPS) is 19.5. The average Bonchev–Trinajstić information content (AvgIpc) is 3.04. The molecule has 1 aliphatic carbocycles. The molecule has 0 radical (unpaired) electrons. The molecule has 2 heterocycles. The summed E-state index contributed by atoms with van der Waals surface area (Å²) in [4.78, 5) is 25.4. The van der Waals surface area contributed by atoms with Gasteiger partial charge in [0, 0.05) is 44.4 Å². The van der Waals surface area contributed by atoms with E-state index in [1.54, 1.807) is 0 Å². The second kappa shape index (κ2) is 6.94. The standard InChI is InChI=1S/C20H25N5O/c1-14-12-18(23-20(21)22-14)24-8-10-25(11-9-24)19(26)13-16-7-6-15-4-2-3-5-17(15)16/h2-5,12,16H,6-11,13H2,1H3,(H2,21,22,23). The Morgan fingerprint density at radius 1 is 1.19 bits per heavy atom. The Bertz CT molecular complexity index is 793. The number of nitrogens with two attached hydrogens (primary N) is 1. The molecule has 0 saturated carbocycles. The quantitative estimate of drug-likeness (QED) is 0.917. The van der Waals surface area contributed by atoms with E-state index in [2.05, 4.69) is 39.1 Å². The molecule has 2 N–H and O–H groups in total. The van der Waals surface area contributed by atoms with Crippen LogP contribution in [0.25, 0.3) is 0 Å². The lowest BCUT2D eigenvalue weighted by Gasteiger charge is -2.36. The van der Waals surface area contributed by atoms with Gasteiger partial charge in [-0.2, -0.15) is 4.98 Å². The van der Waals surface area contributed by atoms with Crippen LogP contribution in [0.4, 0.5) is 11.8 Å². The number of piperazine rings is 1. The van der Waals surface area contributed by atoms with Crippen molar-refractivity contribution >= 4 is 17.7 Å². The average molecular weight is 351 g/mol. The minimum atomic E-state index is 0.268. The van der Waals surface area contributed by atoms with Crippen molar-refractivity contribution in [2.24, 2.45) is 0 Å². The van der Waals surface area contributed by atoms with Crippen molar-refractivity contribution in [3.05, 3.63) is 47.2 Å². The minimum absolute atomic E-state index is 0.268. The number of carbonyl (C=O) groups excluding carboxylic acids is 1. The van der Waals surface area contributed by atoms with Gasteiger partial charge in [-0.25, -0.2) is 4.98 Å². The predicted octanol–water partition coefficient (Wildman–Crippen LogP) is 2.14. The third-order valence-electron chi connectivity index (χ3n) is 5.49. The van der Waals surface area contributed by atoms with Gasteiger partial charge in [-0.1, -0.05) is 24.3 Å². The number of nitrogen functional groups attached to an aromatic ring is 1. The first-order valence-electron chi connectivity index (χ1n) is 9.32. The van der Waals surface area contributed by atoms with Gasteiger partial charge in [0.2, 0.25) is 11.9 Å². The van der Waals surface area contributed by atoms with Crippen LogP contribution >= 0.6 is 0 Å². The van der Waals surface area contributed by atoms with Crippen molar-refractivity contribution in [1.82, 2.24) is 14.9 Å². The Kier molecular flexibility index (Phi) is 4.49. The second-order valence-corrected chi connectivity index (χ2v) is 7.23. The Hall–Kier alpha value is -2.63. The predicted molar refractivity (Wildman–Crippen MR) is 102 cm³/mol. The van der Waals surface area contributed by atoms with Crippen molar-refractivity contribution in [3.63, 3.8) is 0 Å². The third kappa shape index (κ3) is 3.36. The van der Waals surface area contributed by atoms with Crippen molar-refractivity contribution in [3.8, 4) is 0 Å². The molecule has 2 aromatic rings. The zero-order chi connectivity index (χ0) is 18.1. The number of anilines is 2. The van der Waals surface area contributed by atoms with Crippen LogP contribution in [0.1, 0.15) is 35.6 Å². The van der Waals surface area contributed by atoms with Gasteiger partial charge >= 0.3 is 0 Å². The van der Waals surface area contributed by atoms with Crippen LogP contribution < -0.4 is 10.6 Å². The summed E-state index contributed by atoms with van der Waals surface area (Å²) in [5, 5.41) is 0. The zero-order valence-corrected chi connectivity index (χ0v) is 15.2. The summed E-state index contributed by atoms with van der Waals surface area (Å²) in [6.07, 6.45) is 2.80. The van der Waals surface area contributed by atoms with E-state index < -0.39 is 0 Å². The van der Waals surface area contributed by atoms with E-state index in [4.69, 9.17) is 5.73 Å². The van der Waals surface area contributed by atoms with E-state index in [9.17, 15) is 4.79 Å². The molecule has 1 atom stereocenters. The first-order chi connectivity index (χ1) is 12.6. The minimum Gasteiger partial charge on any atom is -0.368 e. The monoisotopic (exact) mass is 351 g/mol. The van der Waals surface area contributed by atoms with Crippen LogP contribution in [-0.2, 0) is 11.2 Å². The van der Waals surface area contributed by atoms with Gasteiger partial charge in [-0.15, -0.1) is 0 Å². The van der Waals surface area contributed by atoms with Crippen LogP contribution in [0.15, 0.2) is 30.3 Å². The first kappa shape index (κ1) is 16.8. The molecular weight excluding hydrogens is 326 g/mol. The number of rotatable bonds is 3. The lowest BCUT2D eigenvalue weighted by molar-refractivity contribution is -0.131. The maximum atomic E-state index is 12.8. The van der Waals surface area contributed by atoms with Gasteiger partial charge < -0.3 is 15.5 Å². The first-order valence-corrected chi connectivity index (χ1v) is 9.32. The van der Waals surface area contributed by atoms with Crippen LogP contribution in [-0.4, -0.2) is 47.0 Å². The van der Waals surface area contributed by atoms with Crippen LogP contribution in [0.5, 0.6) is 0 Å². The summed E-state index contributed by atoms with van der Waals surface area (Å²) >= 11 is 0. The molecule has 1 unspecified atom stereocenters. The van der Waals surface area contributed by atoms with Crippen LogP contribution in [0.2, 0.25) is 0 Å². The SMILES string of the molecule is Cc1cc(N2CCN(C(=O)CC3CCc4ccccc43)CC2)nc(N)n1. The summed E-state index contributed by atoms with van der Waals surface area (Å²) in [5.74, 6) is 1.80. The number of amides is 1. The topological polar surface area (TPSA) is 75.3 Å². The van der Waals surface area contributed by atoms with Gasteiger partial charge in [0.1, 0.15) is 5.82 Å². The number of aryl methyl sites for hydroxylation is 2. The Morgan fingerprint density at radius 2 is 1.96 bits per heavy atom. The molecule has 1 saturated heterocycles. The highest BCUT2D eigenvalue weighted by Crippen LogP contribution is 2.35. The molecule has 6 nitrogen and oxygen atoms in total. The molecule has 1 aromatic heterocycles. The molecule has 2 aliphatic rings. The molecule has 26 heavy (non-hydrogen) atoms. The highest BCUT2D eigenvalue weighted by Gasteiger charge is 2.28.